The first kappa shape index (κ1) is 20.3. The molecule has 1 aromatic carbocycles. The fraction of sp³-hybridized carbons (Fsp3) is 0.538. The summed E-state index contributed by atoms with van der Waals surface area (Å²) in [5.41, 5.74) is 0. The highest BCUT2D eigenvalue weighted by atomic mass is 35.5. The van der Waals surface area contributed by atoms with Gasteiger partial charge in [-0.15, -0.1) is 12.4 Å². The fourth-order valence-electron chi connectivity index (χ4n) is 2.61. The lowest BCUT2D eigenvalue weighted by Gasteiger charge is -2.24. The van der Waals surface area contributed by atoms with Crippen molar-refractivity contribution in [2.24, 2.45) is 0 Å². The van der Waals surface area contributed by atoms with Crippen molar-refractivity contribution in [1.82, 2.24) is 14.3 Å². The van der Waals surface area contributed by atoms with Gasteiger partial charge >= 0.3 is 0 Å². The summed E-state index contributed by atoms with van der Waals surface area (Å²) >= 11 is 0. The lowest BCUT2D eigenvalue weighted by atomic mass is 10.2. The summed E-state index contributed by atoms with van der Waals surface area (Å²) in [6.45, 7) is 1.09. The van der Waals surface area contributed by atoms with Crippen molar-refractivity contribution < 1.29 is 16.8 Å². The first-order valence-corrected chi connectivity index (χ1v) is 9.95. The van der Waals surface area contributed by atoms with E-state index in [2.05, 4.69) is 10.0 Å². The van der Waals surface area contributed by atoms with Crippen LogP contribution < -0.4 is 10.0 Å². The van der Waals surface area contributed by atoms with Crippen LogP contribution in [0, 0.1) is 0 Å². The molecule has 23 heavy (non-hydrogen) atoms. The molecule has 132 valence electrons. The maximum Gasteiger partial charge on any atom is 0.243 e. The minimum atomic E-state index is -3.60. The monoisotopic (exact) mass is 383 g/mol. The molecule has 2 rings (SSSR count). The molecule has 1 aliphatic rings. The van der Waals surface area contributed by atoms with Crippen LogP contribution >= 0.6 is 12.4 Å². The molecule has 1 fully saturated rings. The Morgan fingerprint density at radius 2 is 1.65 bits per heavy atom. The van der Waals surface area contributed by atoms with Crippen molar-refractivity contribution in [3.8, 4) is 0 Å². The Bertz CT molecular complexity index is 720. The summed E-state index contributed by atoms with van der Waals surface area (Å²) < 4.78 is 52.4. The van der Waals surface area contributed by atoms with Crippen LogP contribution in [0.25, 0.3) is 0 Å². The van der Waals surface area contributed by atoms with Crippen LogP contribution in [0.2, 0.25) is 0 Å². The minimum absolute atomic E-state index is 0. The molecule has 0 spiro atoms. The number of nitrogens with one attached hydrogen (secondary N) is 2. The normalized spacial score (nSPS) is 19.5. The summed E-state index contributed by atoms with van der Waals surface area (Å²) in [6.07, 6.45) is 1.66. The van der Waals surface area contributed by atoms with E-state index in [0.29, 0.717) is 13.1 Å². The second kappa shape index (κ2) is 7.91. The van der Waals surface area contributed by atoms with E-state index in [1.165, 1.54) is 35.6 Å². The number of hydrogen-bond acceptors (Lipinski definition) is 5. The molecule has 0 amide bonds. The highest BCUT2D eigenvalue weighted by Gasteiger charge is 2.34. The maximum absolute atomic E-state index is 12.7. The van der Waals surface area contributed by atoms with Gasteiger partial charge in [-0.3, -0.25) is 0 Å². The molecule has 0 saturated carbocycles. The maximum atomic E-state index is 12.7. The molecule has 1 aromatic rings. The highest BCUT2D eigenvalue weighted by Crippen LogP contribution is 2.26. The molecular formula is C13H22ClN3O4S2. The molecule has 1 heterocycles. The molecule has 0 radical (unpaired) electrons. The second-order valence-corrected chi connectivity index (χ2v) is 8.93. The minimum Gasteiger partial charge on any atom is -0.318 e. The molecule has 7 nitrogen and oxygen atoms in total. The number of sulfonamides is 2. The van der Waals surface area contributed by atoms with Crippen LogP contribution in [0.5, 0.6) is 0 Å². The van der Waals surface area contributed by atoms with Crippen LogP contribution in [-0.4, -0.2) is 54.4 Å². The van der Waals surface area contributed by atoms with E-state index in [-0.39, 0.29) is 28.2 Å². The third-order valence-corrected chi connectivity index (χ3v) is 7.17. The average molecular weight is 384 g/mol. The Morgan fingerprint density at radius 3 is 2.17 bits per heavy atom. The molecule has 1 aliphatic heterocycles. The summed E-state index contributed by atoms with van der Waals surface area (Å²) in [6, 6.07) is 5.24. The summed E-state index contributed by atoms with van der Waals surface area (Å²) in [7, 11) is -4.06. The Kier molecular flexibility index (Phi) is 6.99. The number of nitrogens with zero attached hydrogens (tertiary/aromatic N) is 1. The van der Waals surface area contributed by atoms with Gasteiger partial charge in [0.2, 0.25) is 20.0 Å². The molecule has 1 saturated heterocycles. The van der Waals surface area contributed by atoms with Gasteiger partial charge < -0.3 is 5.32 Å². The number of benzene rings is 1. The molecule has 0 bridgehead atoms. The van der Waals surface area contributed by atoms with Crippen LogP contribution in [0.1, 0.15) is 12.8 Å². The second-order valence-electron chi connectivity index (χ2n) is 5.15. The lowest BCUT2D eigenvalue weighted by molar-refractivity contribution is 0.379. The molecule has 0 aromatic heterocycles. The first-order valence-electron chi connectivity index (χ1n) is 7.03. The van der Waals surface area contributed by atoms with Crippen molar-refractivity contribution >= 4 is 32.5 Å². The first-order chi connectivity index (χ1) is 10.3. The highest BCUT2D eigenvalue weighted by molar-refractivity contribution is 7.89. The van der Waals surface area contributed by atoms with Gasteiger partial charge in [0.05, 0.1) is 9.79 Å². The molecule has 1 atom stereocenters. The van der Waals surface area contributed by atoms with Crippen LogP contribution in [0.3, 0.4) is 0 Å². The Morgan fingerprint density at radius 1 is 1.09 bits per heavy atom. The Labute approximate surface area is 144 Å². The predicted octanol–water partition coefficient (Wildman–Crippen LogP) is 0.389. The van der Waals surface area contributed by atoms with E-state index in [0.717, 1.165) is 12.8 Å². The quantitative estimate of drug-likeness (QED) is 0.740. The van der Waals surface area contributed by atoms with Crippen LogP contribution in [0.15, 0.2) is 34.1 Å². The number of halogens is 1. The van der Waals surface area contributed by atoms with Crippen LogP contribution in [0.4, 0.5) is 0 Å². The standard InChI is InChI=1S/C13H21N3O4S2.ClH/c1-14-10-11-4-3-9-16(11)22(19,20)13-7-5-12(6-8-13)21(17,18)15-2;/h5-8,11,14-15H,3-4,9-10H2,1-2H3;1H. The van der Waals surface area contributed by atoms with Gasteiger partial charge in [-0.1, -0.05) is 0 Å². The van der Waals surface area contributed by atoms with Gasteiger partial charge in [-0.05, 0) is 51.2 Å². The zero-order valence-corrected chi connectivity index (χ0v) is 15.5. The van der Waals surface area contributed by atoms with Gasteiger partial charge in [0.1, 0.15) is 0 Å². The molecule has 10 heteroatoms. The third-order valence-electron chi connectivity index (χ3n) is 3.77. The van der Waals surface area contributed by atoms with Gasteiger partial charge in [0, 0.05) is 19.1 Å². The van der Waals surface area contributed by atoms with Gasteiger partial charge in [-0.25, -0.2) is 21.6 Å². The third kappa shape index (κ3) is 4.23. The molecule has 0 aliphatic carbocycles. The summed E-state index contributed by atoms with van der Waals surface area (Å²) in [4.78, 5) is 0.160. The van der Waals surface area contributed by atoms with E-state index in [1.54, 1.807) is 7.05 Å². The predicted molar refractivity (Wildman–Crippen MR) is 90.8 cm³/mol. The average Bonchev–Trinajstić information content (AvgIpc) is 2.97. The lowest BCUT2D eigenvalue weighted by Crippen LogP contribution is -2.40. The fourth-order valence-corrected chi connectivity index (χ4v) is 5.03. The van der Waals surface area contributed by atoms with Crippen molar-refractivity contribution in [2.75, 3.05) is 27.2 Å². The van der Waals surface area contributed by atoms with E-state index in [4.69, 9.17) is 0 Å². The Hall–Kier alpha value is -0.710. The number of hydrogen-bond donors (Lipinski definition) is 2. The van der Waals surface area contributed by atoms with E-state index >= 15 is 0 Å². The van der Waals surface area contributed by atoms with E-state index in [9.17, 15) is 16.8 Å². The van der Waals surface area contributed by atoms with Crippen molar-refractivity contribution in [3.05, 3.63) is 24.3 Å². The summed E-state index contributed by atoms with van der Waals surface area (Å²) in [5, 5.41) is 3.01. The van der Waals surface area contributed by atoms with Crippen LogP contribution in [-0.2, 0) is 20.0 Å². The van der Waals surface area contributed by atoms with Crippen molar-refractivity contribution in [2.45, 2.75) is 28.7 Å². The molecule has 2 N–H and O–H groups in total. The van der Waals surface area contributed by atoms with E-state index < -0.39 is 20.0 Å². The zero-order chi connectivity index (χ0) is 16.4. The SMILES string of the molecule is CNCC1CCCN1S(=O)(=O)c1ccc(S(=O)(=O)NC)cc1.Cl. The summed E-state index contributed by atoms with van der Waals surface area (Å²) in [5.74, 6) is 0. The largest absolute Gasteiger partial charge is 0.318 e. The van der Waals surface area contributed by atoms with Gasteiger partial charge in [-0.2, -0.15) is 4.31 Å². The topological polar surface area (TPSA) is 95.6 Å². The van der Waals surface area contributed by atoms with E-state index in [1.807, 2.05) is 0 Å². The smallest absolute Gasteiger partial charge is 0.243 e. The van der Waals surface area contributed by atoms with Crippen molar-refractivity contribution in [3.63, 3.8) is 0 Å². The Balaban J connectivity index is 0.00000264. The molecule has 1 unspecified atom stereocenters. The zero-order valence-electron chi connectivity index (χ0n) is 13.0. The van der Waals surface area contributed by atoms with Crippen molar-refractivity contribution in [1.29, 1.82) is 0 Å². The number of likely N-dealkylation sites (N-methyl/N-ethyl adjacent to an activating group) is 1. The van der Waals surface area contributed by atoms with Gasteiger partial charge in [0.15, 0.2) is 0 Å². The number of rotatable bonds is 6. The van der Waals surface area contributed by atoms with Gasteiger partial charge in [0.25, 0.3) is 0 Å². The molecular weight excluding hydrogens is 362 g/mol.